The molecule has 2 aromatic rings. The van der Waals surface area contributed by atoms with Crippen LogP contribution < -0.4 is 11.1 Å². The molecule has 0 spiro atoms. The largest absolute Gasteiger partial charge is 0.348 e. The molecule has 5 heteroatoms. The van der Waals surface area contributed by atoms with Gasteiger partial charge in [0.1, 0.15) is 0 Å². The third-order valence-corrected chi connectivity index (χ3v) is 3.81. The maximum Gasteiger partial charge on any atom is 0.253 e. The fraction of sp³-hybridized carbons (Fsp3) is 0.222. The highest BCUT2D eigenvalue weighted by Crippen LogP contribution is 2.21. The molecule has 0 heterocycles. The van der Waals surface area contributed by atoms with Crippen LogP contribution in [-0.2, 0) is 17.8 Å². The Kier molecular flexibility index (Phi) is 5.90. The molecule has 120 valence electrons. The van der Waals surface area contributed by atoms with Crippen molar-refractivity contribution in [2.45, 2.75) is 25.9 Å². The van der Waals surface area contributed by atoms with E-state index >= 15 is 0 Å². The van der Waals surface area contributed by atoms with Crippen molar-refractivity contribution in [3.8, 4) is 0 Å². The number of nitrogens with one attached hydrogen (secondary N) is 1. The summed E-state index contributed by atoms with van der Waals surface area (Å²) in [5.74, 6) is -0.434. The minimum atomic E-state index is -0.575. The van der Waals surface area contributed by atoms with Crippen LogP contribution in [0, 0.1) is 0 Å². The molecule has 23 heavy (non-hydrogen) atoms. The first-order valence-electron chi connectivity index (χ1n) is 7.37. The van der Waals surface area contributed by atoms with Gasteiger partial charge in [0.05, 0.1) is 16.6 Å². The van der Waals surface area contributed by atoms with E-state index in [1.54, 1.807) is 25.1 Å². The molecule has 1 unspecified atom stereocenters. The van der Waals surface area contributed by atoms with Crippen LogP contribution >= 0.6 is 11.6 Å². The molecule has 0 fully saturated rings. The number of halogens is 1. The topological polar surface area (TPSA) is 72.2 Å². The summed E-state index contributed by atoms with van der Waals surface area (Å²) in [6.07, 6.45) is 0.0896. The maximum absolute atomic E-state index is 12.5. The highest BCUT2D eigenvalue weighted by atomic mass is 35.5. The van der Waals surface area contributed by atoms with Crippen molar-refractivity contribution in [3.63, 3.8) is 0 Å². The van der Waals surface area contributed by atoms with Gasteiger partial charge in [-0.05, 0) is 24.1 Å². The van der Waals surface area contributed by atoms with Gasteiger partial charge in [-0.2, -0.15) is 0 Å². The normalized spacial score (nSPS) is 11.8. The van der Waals surface area contributed by atoms with Crippen LogP contribution in [0.3, 0.4) is 0 Å². The second kappa shape index (κ2) is 7.90. The first kappa shape index (κ1) is 17.2. The van der Waals surface area contributed by atoms with Crippen molar-refractivity contribution in [2.24, 2.45) is 5.73 Å². The van der Waals surface area contributed by atoms with Crippen LogP contribution in [0.5, 0.6) is 0 Å². The predicted octanol–water partition coefficient (Wildman–Crippen LogP) is 2.73. The highest BCUT2D eigenvalue weighted by molar-refractivity contribution is 6.34. The Bertz CT molecular complexity index is 699. The molecule has 2 rings (SSSR count). The van der Waals surface area contributed by atoms with Gasteiger partial charge in [-0.1, -0.05) is 54.1 Å². The first-order chi connectivity index (χ1) is 11.0. The lowest BCUT2D eigenvalue weighted by molar-refractivity contribution is -0.119. The van der Waals surface area contributed by atoms with Crippen LogP contribution in [0.15, 0.2) is 48.5 Å². The summed E-state index contributed by atoms with van der Waals surface area (Å²) in [5, 5.41) is 3.16. The number of rotatable bonds is 6. The zero-order valence-corrected chi connectivity index (χ0v) is 13.6. The van der Waals surface area contributed by atoms with Gasteiger partial charge < -0.3 is 11.1 Å². The predicted molar refractivity (Wildman–Crippen MR) is 91.4 cm³/mol. The van der Waals surface area contributed by atoms with Crippen molar-refractivity contribution < 1.29 is 9.59 Å². The molecular formula is C18H19ClN2O2. The Labute approximate surface area is 140 Å². The third kappa shape index (κ3) is 4.65. The SMILES string of the molecule is CC(N)C(=O)Cc1cccc(Cl)c1C(=O)NCc1ccccc1. The fourth-order valence-electron chi connectivity index (χ4n) is 2.19. The third-order valence-electron chi connectivity index (χ3n) is 3.50. The van der Waals surface area contributed by atoms with Crippen molar-refractivity contribution >= 4 is 23.3 Å². The second-order valence-electron chi connectivity index (χ2n) is 5.37. The van der Waals surface area contributed by atoms with Crippen LogP contribution in [0.25, 0.3) is 0 Å². The molecule has 0 aromatic heterocycles. The molecule has 1 atom stereocenters. The van der Waals surface area contributed by atoms with Crippen molar-refractivity contribution in [1.82, 2.24) is 5.32 Å². The van der Waals surface area contributed by atoms with Crippen LogP contribution in [0.2, 0.25) is 5.02 Å². The highest BCUT2D eigenvalue weighted by Gasteiger charge is 2.18. The zero-order valence-electron chi connectivity index (χ0n) is 12.9. The van der Waals surface area contributed by atoms with E-state index in [9.17, 15) is 9.59 Å². The summed E-state index contributed by atoms with van der Waals surface area (Å²) in [4.78, 5) is 24.4. The van der Waals surface area contributed by atoms with Crippen molar-refractivity contribution in [3.05, 3.63) is 70.2 Å². The van der Waals surface area contributed by atoms with Gasteiger partial charge in [-0.15, -0.1) is 0 Å². The van der Waals surface area contributed by atoms with E-state index in [1.165, 1.54) is 0 Å². The molecule has 0 radical (unpaired) electrons. The average molecular weight is 331 g/mol. The second-order valence-corrected chi connectivity index (χ2v) is 5.78. The molecule has 0 aliphatic carbocycles. The van der Waals surface area contributed by atoms with Gasteiger partial charge >= 0.3 is 0 Å². The number of hydrogen-bond acceptors (Lipinski definition) is 3. The summed E-state index contributed by atoms with van der Waals surface area (Å²) >= 11 is 6.17. The number of nitrogens with two attached hydrogens (primary N) is 1. The lowest BCUT2D eigenvalue weighted by atomic mass is 9.99. The minimum Gasteiger partial charge on any atom is -0.348 e. The minimum absolute atomic E-state index is 0.0896. The van der Waals surface area contributed by atoms with Gasteiger partial charge in [-0.3, -0.25) is 9.59 Å². The Balaban J connectivity index is 2.17. The van der Waals surface area contributed by atoms with Crippen LogP contribution in [0.1, 0.15) is 28.4 Å². The number of carbonyl (C=O) groups excluding carboxylic acids is 2. The molecule has 0 aliphatic rings. The van der Waals surface area contributed by atoms with E-state index in [1.807, 2.05) is 30.3 Å². The summed E-state index contributed by atoms with van der Waals surface area (Å²) in [6.45, 7) is 2.02. The molecule has 4 nitrogen and oxygen atoms in total. The van der Waals surface area contributed by atoms with E-state index in [2.05, 4.69) is 5.32 Å². The summed E-state index contributed by atoms with van der Waals surface area (Å²) in [7, 11) is 0. The smallest absolute Gasteiger partial charge is 0.253 e. The molecule has 0 saturated heterocycles. The van der Waals surface area contributed by atoms with Crippen LogP contribution in [-0.4, -0.2) is 17.7 Å². The van der Waals surface area contributed by atoms with E-state index in [0.29, 0.717) is 22.7 Å². The number of carbonyl (C=O) groups is 2. The van der Waals surface area contributed by atoms with E-state index in [4.69, 9.17) is 17.3 Å². The Hall–Kier alpha value is -2.17. The molecule has 0 saturated carbocycles. The lowest BCUT2D eigenvalue weighted by Crippen LogP contribution is -2.30. The zero-order chi connectivity index (χ0) is 16.8. The summed E-state index contributed by atoms with van der Waals surface area (Å²) in [6, 6.07) is 14.1. The summed E-state index contributed by atoms with van der Waals surface area (Å²) < 4.78 is 0. The number of ketones is 1. The van der Waals surface area contributed by atoms with Crippen LogP contribution in [0.4, 0.5) is 0 Å². The van der Waals surface area contributed by atoms with E-state index in [-0.39, 0.29) is 18.1 Å². The number of Topliss-reactive ketones (excluding diaryl/α,β-unsaturated/α-hetero) is 1. The average Bonchev–Trinajstić information content (AvgIpc) is 2.53. The standard InChI is InChI=1S/C18H19ClN2O2/c1-12(20)16(22)10-14-8-5-9-15(19)17(14)18(23)21-11-13-6-3-2-4-7-13/h2-9,12H,10-11,20H2,1H3,(H,21,23). The molecule has 3 N–H and O–H groups in total. The van der Waals surface area contributed by atoms with Crippen molar-refractivity contribution in [2.75, 3.05) is 0 Å². The Morgan fingerprint density at radius 1 is 1.13 bits per heavy atom. The number of hydrogen-bond donors (Lipinski definition) is 2. The Morgan fingerprint density at radius 3 is 2.48 bits per heavy atom. The molecule has 1 amide bonds. The van der Waals surface area contributed by atoms with Gasteiger partial charge in [0, 0.05) is 13.0 Å². The van der Waals surface area contributed by atoms with Gasteiger partial charge in [0.2, 0.25) is 0 Å². The molecular weight excluding hydrogens is 312 g/mol. The monoisotopic (exact) mass is 330 g/mol. The molecule has 2 aromatic carbocycles. The number of amides is 1. The maximum atomic E-state index is 12.5. The lowest BCUT2D eigenvalue weighted by Gasteiger charge is -2.12. The summed E-state index contributed by atoms with van der Waals surface area (Å²) in [5.41, 5.74) is 7.51. The van der Waals surface area contributed by atoms with Gasteiger partial charge in [0.25, 0.3) is 5.91 Å². The van der Waals surface area contributed by atoms with Gasteiger partial charge in [-0.25, -0.2) is 0 Å². The van der Waals surface area contributed by atoms with Gasteiger partial charge in [0.15, 0.2) is 5.78 Å². The van der Waals surface area contributed by atoms with E-state index < -0.39 is 6.04 Å². The Morgan fingerprint density at radius 2 is 1.83 bits per heavy atom. The number of benzene rings is 2. The molecule has 0 bridgehead atoms. The van der Waals surface area contributed by atoms with E-state index in [0.717, 1.165) is 5.56 Å². The fourth-order valence-corrected chi connectivity index (χ4v) is 2.47. The first-order valence-corrected chi connectivity index (χ1v) is 7.74. The molecule has 0 aliphatic heterocycles. The van der Waals surface area contributed by atoms with Crippen molar-refractivity contribution in [1.29, 1.82) is 0 Å². The quantitative estimate of drug-likeness (QED) is 0.855.